The smallest absolute Gasteiger partial charge is 0.408 e. The molecule has 10 heteroatoms. The number of imidazole rings is 1. The Morgan fingerprint density at radius 3 is 2.38 bits per heavy atom. The summed E-state index contributed by atoms with van der Waals surface area (Å²) in [6.07, 6.45) is 3.12. The normalized spacial score (nSPS) is 13.1. The Labute approximate surface area is 214 Å². The maximum atomic E-state index is 12.7. The van der Waals surface area contributed by atoms with Crippen LogP contribution in [0.4, 0.5) is 4.79 Å². The molecule has 192 valence electrons. The molecule has 0 aliphatic carbocycles. The van der Waals surface area contributed by atoms with Gasteiger partial charge in [-0.1, -0.05) is 30.3 Å². The predicted octanol–water partition coefficient (Wildman–Crippen LogP) is 4.82. The number of amides is 1. The van der Waals surface area contributed by atoms with E-state index in [0.29, 0.717) is 23.4 Å². The Morgan fingerprint density at radius 1 is 1.05 bits per heavy atom. The first-order chi connectivity index (χ1) is 17.4. The quantitative estimate of drug-likeness (QED) is 0.367. The number of nitrogens with one attached hydrogen (secondary N) is 1. The van der Waals surface area contributed by atoms with E-state index in [2.05, 4.69) is 20.5 Å². The van der Waals surface area contributed by atoms with Crippen molar-refractivity contribution in [2.75, 3.05) is 0 Å². The van der Waals surface area contributed by atoms with Gasteiger partial charge in [-0.15, -0.1) is 10.2 Å². The number of hydrogen-bond donors (Lipinski definition) is 2. The van der Waals surface area contributed by atoms with E-state index >= 15 is 0 Å². The van der Waals surface area contributed by atoms with Crippen molar-refractivity contribution >= 4 is 12.1 Å². The van der Waals surface area contributed by atoms with E-state index in [9.17, 15) is 14.7 Å². The van der Waals surface area contributed by atoms with Gasteiger partial charge in [-0.2, -0.15) is 0 Å². The highest BCUT2D eigenvalue weighted by atomic mass is 16.6. The Hall–Kier alpha value is -4.47. The lowest BCUT2D eigenvalue weighted by atomic mass is 9.92. The molecule has 4 aromatic rings. The molecule has 0 bridgehead atoms. The lowest BCUT2D eigenvalue weighted by molar-refractivity contribution is 0.0443. The van der Waals surface area contributed by atoms with Gasteiger partial charge >= 0.3 is 12.1 Å². The summed E-state index contributed by atoms with van der Waals surface area (Å²) in [7, 11) is 1.82. The number of aromatic nitrogens is 4. The summed E-state index contributed by atoms with van der Waals surface area (Å²) in [5.74, 6) is -0.252. The lowest BCUT2D eigenvalue weighted by Gasteiger charge is -2.29. The molecule has 0 aliphatic rings. The Morgan fingerprint density at radius 2 is 1.76 bits per heavy atom. The van der Waals surface area contributed by atoms with Crippen LogP contribution in [0.1, 0.15) is 49.5 Å². The number of aromatic carboxylic acids is 1. The van der Waals surface area contributed by atoms with Gasteiger partial charge in [0.1, 0.15) is 17.0 Å². The summed E-state index contributed by atoms with van der Waals surface area (Å²) in [4.78, 5) is 28.9. The van der Waals surface area contributed by atoms with E-state index in [-0.39, 0.29) is 17.3 Å². The molecule has 0 radical (unpaired) electrons. The van der Waals surface area contributed by atoms with Crippen molar-refractivity contribution in [3.63, 3.8) is 0 Å². The zero-order valence-electron chi connectivity index (χ0n) is 21.3. The zero-order valence-corrected chi connectivity index (χ0v) is 21.3. The van der Waals surface area contributed by atoms with E-state index < -0.39 is 23.2 Å². The number of nitrogens with zero attached hydrogens (tertiary/aromatic N) is 4. The minimum atomic E-state index is -1.11. The fourth-order valence-electron chi connectivity index (χ4n) is 3.92. The first-order valence-corrected chi connectivity index (χ1v) is 11.7. The van der Waals surface area contributed by atoms with Crippen LogP contribution in [-0.2, 0) is 23.7 Å². The highest BCUT2D eigenvalue weighted by molar-refractivity contribution is 5.91. The number of rotatable bonds is 7. The largest absolute Gasteiger partial charge is 0.478 e. The Kier molecular flexibility index (Phi) is 6.84. The van der Waals surface area contributed by atoms with Gasteiger partial charge in [0.2, 0.25) is 11.8 Å². The number of carbonyl (C=O) groups is 2. The Balaban J connectivity index is 1.74. The molecule has 1 unspecified atom stereocenters. The van der Waals surface area contributed by atoms with Gasteiger partial charge in [0.25, 0.3) is 0 Å². The third kappa shape index (κ3) is 6.03. The second kappa shape index (κ2) is 9.88. The van der Waals surface area contributed by atoms with Crippen molar-refractivity contribution in [3.05, 3.63) is 77.9 Å². The van der Waals surface area contributed by atoms with Crippen molar-refractivity contribution in [3.8, 4) is 22.8 Å². The standard InChI is InChI=1S/C27H29N5O5/c1-26(2,3)37-25(35)29-27(4,16-17-9-7-6-8-10-17)24-31-30-22(36-24)19-13-18(14-20(15-19)23(33)34)21-28-11-12-32(21)5/h6-15H,16H2,1-5H3,(H,29,35)(H,33,34). The zero-order chi connectivity index (χ0) is 26.8. The van der Waals surface area contributed by atoms with Gasteiger partial charge in [0.05, 0.1) is 5.56 Å². The van der Waals surface area contributed by atoms with Crippen molar-refractivity contribution in [2.24, 2.45) is 7.05 Å². The lowest BCUT2D eigenvalue weighted by Crippen LogP contribution is -2.47. The summed E-state index contributed by atoms with van der Waals surface area (Å²) < 4.78 is 13.3. The highest BCUT2D eigenvalue weighted by Gasteiger charge is 2.36. The number of carboxylic acid groups (broad SMARTS) is 1. The maximum Gasteiger partial charge on any atom is 0.408 e. The van der Waals surface area contributed by atoms with Crippen LogP contribution in [0.5, 0.6) is 0 Å². The van der Waals surface area contributed by atoms with Gasteiger partial charge in [0.15, 0.2) is 0 Å². The number of carboxylic acids is 1. The average molecular weight is 504 g/mol. The van der Waals surface area contributed by atoms with Gasteiger partial charge in [-0.25, -0.2) is 14.6 Å². The van der Waals surface area contributed by atoms with Crippen molar-refractivity contribution in [1.82, 2.24) is 25.1 Å². The summed E-state index contributed by atoms with van der Waals surface area (Å²) in [6.45, 7) is 7.11. The molecule has 10 nitrogen and oxygen atoms in total. The molecular weight excluding hydrogens is 474 g/mol. The minimum Gasteiger partial charge on any atom is -0.478 e. The topological polar surface area (TPSA) is 132 Å². The van der Waals surface area contributed by atoms with E-state index in [1.165, 1.54) is 12.1 Å². The van der Waals surface area contributed by atoms with Crippen LogP contribution in [0.3, 0.4) is 0 Å². The molecule has 37 heavy (non-hydrogen) atoms. The number of ether oxygens (including phenoxy) is 1. The van der Waals surface area contributed by atoms with E-state index in [1.807, 2.05) is 37.4 Å². The third-order valence-electron chi connectivity index (χ3n) is 5.58. The predicted molar refractivity (Wildman–Crippen MR) is 136 cm³/mol. The van der Waals surface area contributed by atoms with Crippen LogP contribution in [0, 0.1) is 0 Å². The third-order valence-corrected chi connectivity index (χ3v) is 5.58. The summed E-state index contributed by atoms with van der Waals surface area (Å²) >= 11 is 0. The molecule has 1 amide bonds. The van der Waals surface area contributed by atoms with Gasteiger partial charge in [-0.3, -0.25) is 0 Å². The second-order valence-corrected chi connectivity index (χ2v) is 10.00. The Bertz CT molecular complexity index is 1420. The monoisotopic (exact) mass is 503 g/mol. The average Bonchev–Trinajstić information content (AvgIpc) is 3.48. The van der Waals surface area contributed by atoms with Gasteiger partial charge in [0, 0.05) is 37.0 Å². The van der Waals surface area contributed by atoms with Gasteiger partial charge < -0.3 is 24.1 Å². The van der Waals surface area contributed by atoms with E-state index in [4.69, 9.17) is 9.15 Å². The van der Waals surface area contributed by atoms with Crippen LogP contribution >= 0.6 is 0 Å². The van der Waals surface area contributed by atoms with E-state index in [1.54, 1.807) is 50.7 Å². The van der Waals surface area contributed by atoms with Crippen molar-refractivity contribution in [1.29, 1.82) is 0 Å². The molecule has 0 fully saturated rings. The maximum absolute atomic E-state index is 12.7. The number of alkyl carbamates (subject to hydrolysis) is 1. The van der Waals surface area contributed by atoms with Crippen LogP contribution in [0.2, 0.25) is 0 Å². The van der Waals surface area contributed by atoms with Crippen molar-refractivity contribution < 1.29 is 23.8 Å². The molecule has 2 aromatic carbocycles. The molecule has 0 saturated carbocycles. The molecule has 2 heterocycles. The summed E-state index contributed by atoms with van der Waals surface area (Å²) in [5, 5.41) is 21.0. The number of hydrogen-bond acceptors (Lipinski definition) is 7. The van der Waals surface area contributed by atoms with Crippen molar-refractivity contribution in [2.45, 2.75) is 45.3 Å². The molecule has 2 N–H and O–H groups in total. The summed E-state index contributed by atoms with van der Waals surface area (Å²) in [5.41, 5.74) is 0.176. The molecule has 2 aromatic heterocycles. The number of carbonyl (C=O) groups excluding carboxylic acids is 1. The minimum absolute atomic E-state index is 0.0502. The molecular formula is C27H29N5O5. The number of benzene rings is 2. The highest BCUT2D eigenvalue weighted by Crippen LogP contribution is 2.31. The van der Waals surface area contributed by atoms with Gasteiger partial charge in [-0.05, 0) is 51.5 Å². The fourth-order valence-corrected chi connectivity index (χ4v) is 3.92. The van der Waals surface area contributed by atoms with Crippen LogP contribution < -0.4 is 5.32 Å². The molecule has 4 rings (SSSR count). The molecule has 1 atom stereocenters. The first kappa shape index (κ1) is 25.6. The van der Waals surface area contributed by atoms with E-state index in [0.717, 1.165) is 5.56 Å². The number of aryl methyl sites for hydroxylation is 1. The molecule has 0 aliphatic heterocycles. The fraction of sp³-hybridized carbons (Fsp3) is 0.296. The molecule has 0 spiro atoms. The first-order valence-electron chi connectivity index (χ1n) is 11.7. The molecule has 0 saturated heterocycles. The second-order valence-electron chi connectivity index (χ2n) is 10.00. The van der Waals surface area contributed by atoms with Crippen LogP contribution in [0.15, 0.2) is 65.3 Å². The van der Waals surface area contributed by atoms with Crippen LogP contribution in [-0.4, -0.2) is 42.5 Å². The van der Waals surface area contributed by atoms with Crippen LogP contribution in [0.25, 0.3) is 22.8 Å². The SMILES string of the molecule is Cn1ccnc1-c1cc(C(=O)O)cc(-c2nnc(C(C)(Cc3ccccc3)NC(=O)OC(C)(C)C)o2)c1. The summed E-state index contributed by atoms with van der Waals surface area (Å²) in [6, 6.07) is 14.3.